The summed E-state index contributed by atoms with van der Waals surface area (Å²) in [6.07, 6.45) is 3.56. The first-order valence-electron chi connectivity index (χ1n) is 5.97. The molecule has 1 aromatic carbocycles. The lowest BCUT2D eigenvalue weighted by atomic mass is 9.88. The van der Waals surface area contributed by atoms with E-state index in [4.69, 9.17) is 0 Å². The van der Waals surface area contributed by atoms with Crippen LogP contribution >= 0.6 is 0 Å². The molecule has 0 saturated heterocycles. The van der Waals surface area contributed by atoms with Gasteiger partial charge in [0.1, 0.15) is 11.4 Å². The number of nitrogens with zero attached hydrogens (tertiary/aromatic N) is 1. The molecule has 2 aromatic rings. The first-order valence-corrected chi connectivity index (χ1v) is 5.97. The van der Waals surface area contributed by atoms with Crippen molar-refractivity contribution in [2.45, 2.75) is 25.9 Å². The molecule has 0 aliphatic carbocycles. The van der Waals surface area contributed by atoms with Crippen LogP contribution in [0.2, 0.25) is 0 Å². The molecule has 1 atom stereocenters. The SMILES string of the molecule is CCc1ccc(C(C)(O)c2cncc(F)c2)cc1. The Morgan fingerprint density at radius 3 is 2.39 bits per heavy atom. The largest absolute Gasteiger partial charge is 0.381 e. The number of halogens is 1. The van der Waals surface area contributed by atoms with E-state index in [9.17, 15) is 9.50 Å². The second kappa shape index (κ2) is 4.86. The zero-order chi connectivity index (χ0) is 13.2. The number of aliphatic hydroxyl groups is 1. The van der Waals surface area contributed by atoms with E-state index < -0.39 is 11.4 Å². The zero-order valence-corrected chi connectivity index (χ0v) is 10.5. The molecule has 2 nitrogen and oxygen atoms in total. The van der Waals surface area contributed by atoms with Gasteiger partial charge in [0.2, 0.25) is 0 Å². The average molecular weight is 245 g/mol. The van der Waals surface area contributed by atoms with Crippen molar-refractivity contribution >= 4 is 0 Å². The summed E-state index contributed by atoms with van der Waals surface area (Å²) in [7, 11) is 0. The maximum absolute atomic E-state index is 13.2. The van der Waals surface area contributed by atoms with Crippen molar-refractivity contribution in [2.24, 2.45) is 0 Å². The van der Waals surface area contributed by atoms with E-state index in [1.54, 1.807) is 6.92 Å². The van der Waals surface area contributed by atoms with Crippen molar-refractivity contribution in [1.82, 2.24) is 4.98 Å². The molecule has 1 N–H and O–H groups in total. The maximum Gasteiger partial charge on any atom is 0.141 e. The predicted octanol–water partition coefficient (Wildman–Crippen LogP) is 3.04. The molecule has 0 aliphatic rings. The summed E-state index contributed by atoms with van der Waals surface area (Å²) < 4.78 is 13.2. The molecule has 94 valence electrons. The lowest BCUT2D eigenvalue weighted by Crippen LogP contribution is -2.23. The molecule has 0 aliphatic heterocycles. The highest BCUT2D eigenvalue weighted by Gasteiger charge is 2.26. The Morgan fingerprint density at radius 2 is 1.83 bits per heavy atom. The fourth-order valence-electron chi connectivity index (χ4n) is 1.91. The van der Waals surface area contributed by atoms with Crippen LogP contribution in [0.5, 0.6) is 0 Å². The molecule has 1 aromatic heterocycles. The predicted molar refractivity (Wildman–Crippen MR) is 68.7 cm³/mol. The Bertz CT molecular complexity index is 534. The number of rotatable bonds is 3. The highest BCUT2D eigenvalue weighted by molar-refractivity contribution is 5.35. The third-order valence-corrected chi connectivity index (χ3v) is 3.19. The average Bonchev–Trinajstić information content (AvgIpc) is 2.39. The quantitative estimate of drug-likeness (QED) is 0.901. The molecular weight excluding hydrogens is 229 g/mol. The van der Waals surface area contributed by atoms with E-state index in [1.807, 2.05) is 24.3 Å². The Kier molecular flexibility index (Phi) is 3.43. The van der Waals surface area contributed by atoms with E-state index >= 15 is 0 Å². The van der Waals surface area contributed by atoms with Gasteiger partial charge in [0.05, 0.1) is 6.20 Å². The Morgan fingerprint density at radius 1 is 1.17 bits per heavy atom. The molecule has 1 heterocycles. The van der Waals surface area contributed by atoms with E-state index in [0.29, 0.717) is 5.56 Å². The van der Waals surface area contributed by atoms with Gasteiger partial charge in [0.25, 0.3) is 0 Å². The molecule has 18 heavy (non-hydrogen) atoms. The van der Waals surface area contributed by atoms with E-state index in [1.165, 1.54) is 17.8 Å². The topological polar surface area (TPSA) is 33.1 Å². The second-order valence-corrected chi connectivity index (χ2v) is 4.51. The van der Waals surface area contributed by atoms with Gasteiger partial charge in [-0.25, -0.2) is 4.39 Å². The summed E-state index contributed by atoms with van der Waals surface area (Å²) in [6.45, 7) is 3.72. The van der Waals surface area contributed by atoms with Crippen LogP contribution in [0.3, 0.4) is 0 Å². The number of hydrogen-bond donors (Lipinski definition) is 1. The Hall–Kier alpha value is -1.74. The number of hydrogen-bond acceptors (Lipinski definition) is 2. The van der Waals surface area contributed by atoms with E-state index in [0.717, 1.165) is 18.2 Å². The van der Waals surface area contributed by atoms with Crippen molar-refractivity contribution < 1.29 is 9.50 Å². The molecule has 0 bridgehead atoms. The van der Waals surface area contributed by atoms with Crippen molar-refractivity contribution in [2.75, 3.05) is 0 Å². The fourth-order valence-corrected chi connectivity index (χ4v) is 1.91. The van der Waals surface area contributed by atoms with Gasteiger partial charge < -0.3 is 5.11 Å². The lowest BCUT2D eigenvalue weighted by Gasteiger charge is -2.24. The second-order valence-electron chi connectivity index (χ2n) is 4.51. The number of aryl methyl sites for hydroxylation is 1. The lowest BCUT2D eigenvalue weighted by molar-refractivity contribution is 0.101. The van der Waals surface area contributed by atoms with Crippen molar-refractivity contribution in [3.63, 3.8) is 0 Å². The summed E-state index contributed by atoms with van der Waals surface area (Å²) in [4.78, 5) is 3.77. The van der Waals surface area contributed by atoms with Gasteiger partial charge in [-0.15, -0.1) is 0 Å². The molecule has 0 fully saturated rings. The molecule has 1 unspecified atom stereocenters. The third-order valence-electron chi connectivity index (χ3n) is 3.19. The van der Waals surface area contributed by atoms with Crippen LogP contribution in [0.15, 0.2) is 42.7 Å². The van der Waals surface area contributed by atoms with Gasteiger partial charge >= 0.3 is 0 Å². The summed E-state index contributed by atoms with van der Waals surface area (Å²) in [5.41, 5.74) is 1.15. The van der Waals surface area contributed by atoms with Crippen molar-refractivity contribution in [3.05, 3.63) is 65.2 Å². The van der Waals surface area contributed by atoms with Crippen LogP contribution in [-0.2, 0) is 12.0 Å². The zero-order valence-electron chi connectivity index (χ0n) is 10.5. The fraction of sp³-hybridized carbons (Fsp3) is 0.267. The first-order chi connectivity index (χ1) is 8.54. The van der Waals surface area contributed by atoms with Gasteiger partial charge in [-0.3, -0.25) is 4.98 Å². The van der Waals surface area contributed by atoms with E-state index in [2.05, 4.69) is 11.9 Å². The molecule has 0 amide bonds. The van der Waals surface area contributed by atoms with Gasteiger partial charge in [-0.05, 0) is 30.5 Å². The smallest absolute Gasteiger partial charge is 0.141 e. The summed E-state index contributed by atoms with van der Waals surface area (Å²) in [5, 5.41) is 10.5. The van der Waals surface area contributed by atoms with Gasteiger partial charge in [-0.2, -0.15) is 0 Å². The molecule has 2 rings (SSSR count). The van der Waals surface area contributed by atoms with Crippen LogP contribution in [0.25, 0.3) is 0 Å². The van der Waals surface area contributed by atoms with Crippen LogP contribution < -0.4 is 0 Å². The molecule has 0 radical (unpaired) electrons. The Balaban J connectivity index is 2.40. The van der Waals surface area contributed by atoms with Crippen LogP contribution in [0.4, 0.5) is 4.39 Å². The number of pyridine rings is 1. The minimum Gasteiger partial charge on any atom is -0.381 e. The molecule has 3 heteroatoms. The highest BCUT2D eigenvalue weighted by Crippen LogP contribution is 2.29. The Labute approximate surface area is 106 Å². The van der Waals surface area contributed by atoms with Gasteiger partial charge in [0, 0.05) is 11.8 Å². The maximum atomic E-state index is 13.2. The first kappa shape index (κ1) is 12.7. The van der Waals surface area contributed by atoms with Crippen LogP contribution in [0, 0.1) is 5.82 Å². The third kappa shape index (κ3) is 2.41. The molecular formula is C15H16FNO. The molecule has 0 saturated carbocycles. The molecule has 0 spiro atoms. The van der Waals surface area contributed by atoms with E-state index in [-0.39, 0.29) is 0 Å². The minimum absolute atomic E-state index is 0.446. The van der Waals surface area contributed by atoms with Gasteiger partial charge in [-0.1, -0.05) is 31.2 Å². The van der Waals surface area contributed by atoms with Gasteiger partial charge in [0.15, 0.2) is 0 Å². The van der Waals surface area contributed by atoms with Crippen LogP contribution in [-0.4, -0.2) is 10.1 Å². The minimum atomic E-state index is -1.23. The normalized spacial score (nSPS) is 14.2. The number of benzene rings is 1. The van der Waals surface area contributed by atoms with Crippen LogP contribution in [0.1, 0.15) is 30.5 Å². The standard InChI is InChI=1S/C15H16FNO/c1-3-11-4-6-12(7-5-11)15(2,18)13-8-14(16)10-17-9-13/h4-10,18H,3H2,1-2H3. The van der Waals surface area contributed by atoms with Crippen molar-refractivity contribution in [1.29, 1.82) is 0 Å². The summed E-state index contributed by atoms with van der Waals surface area (Å²) >= 11 is 0. The highest BCUT2D eigenvalue weighted by atomic mass is 19.1. The monoisotopic (exact) mass is 245 g/mol. The summed E-state index contributed by atoms with van der Waals surface area (Å²) in [5.74, 6) is -0.446. The number of aromatic nitrogens is 1. The van der Waals surface area contributed by atoms with Crippen molar-refractivity contribution in [3.8, 4) is 0 Å². The summed E-state index contributed by atoms with van der Waals surface area (Å²) in [6, 6.07) is 8.97.